The second-order valence-electron chi connectivity index (χ2n) is 7.12. The zero-order valence-electron chi connectivity index (χ0n) is 14.8. The smallest absolute Gasteiger partial charge is 0.138 e. The van der Waals surface area contributed by atoms with Crippen LogP contribution in [0.4, 0.5) is 0 Å². The zero-order valence-corrected chi connectivity index (χ0v) is 14.8. The van der Waals surface area contributed by atoms with E-state index >= 15 is 0 Å². The Labute approximate surface area is 149 Å². The fourth-order valence-corrected chi connectivity index (χ4v) is 3.65. The standard InChI is InChI=1S/C22H22N3/c1-4-16-11-23-22-21(16)10-20(12-24-22)17-5-6-19-14-25(13-15(2)3)8-7-18(19)9-17/h1,5-6,9-12H,7-8,13-14H2,2-3H3,(H,23,24). The van der Waals surface area contributed by atoms with Gasteiger partial charge in [0.05, 0.1) is 5.56 Å². The minimum absolute atomic E-state index is 0.844. The highest BCUT2D eigenvalue weighted by Crippen LogP contribution is 2.28. The minimum Gasteiger partial charge on any atom is -0.345 e. The van der Waals surface area contributed by atoms with Gasteiger partial charge in [-0.05, 0) is 35.1 Å². The van der Waals surface area contributed by atoms with Crippen molar-refractivity contribution in [2.24, 2.45) is 0 Å². The van der Waals surface area contributed by atoms with E-state index in [-0.39, 0.29) is 0 Å². The molecule has 25 heavy (non-hydrogen) atoms. The number of benzene rings is 1. The Kier molecular flexibility index (Phi) is 4.07. The molecule has 0 bridgehead atoms. The van der Waals surface area contributed by atoms with Gasteiger partial charge in [-0.2, -0.15) is 0 Å². The zero-order chi connectivity index (χ0) is 17.4. The normalized spacial score (nSPS) is 14.6. The first-order chi connectivity index (χ1) is 12.1. The van der Waals surface area contributed by atoms with Gasteiger partial charge in [0.25, 0.3) is 0 Å². The molecule has 3 heterocycles. The number of fused-ring (bicyclic) bond motifs is 2. The molecule has 0 unspecified atom stereocenters. The van der Waals surface area contributed by atoms with Crippen molar-refractivity contribution < 1.29 is 0 Å². The van der Waals surface area contributed by atoms with Crippen molar-refractivity contribution in [3.63, 3.8) is 0 Å². The van der Waals surface area contributed by atoms with E-state index in [9.17, 15) is 0 Å². The monoisotopic (exact) mass is 328 g/mol. The van der Waals surface area contributed by atoms with Gasteiger partial charge in [0.15, 0.2) is 0 Å². The summed E-state index contributed by atoms with van der Waals surface area (Å²) in [6.07, 6.45) is 10.5. The van der Waals surface area contributed by atoms with Crippen LogP contribution in [0.25, 0.3) is 22.2 Å². The number of pyridine rings is 1. The van der Waals surface area contributed by atoms with Gasteiger partial charge in [0, 0.05) is 43.0 Å². The molecule has 1 N–H and O–H groups in total. The van der Waals surface area contributed by atoms with Crippen molar-refractivity contribution in [3.8, 4) is 23.5 Å². The molecular weight excluding hydrogens is 306 g/mol. The third-order valence-electron chi connectivity index (χ3n) is 4.86. The van der Waals surface area contributed by atoms with Gasteiger partial charge in [-0.3, -0.25) is 4.90 Å². The first-order valence-corrected chi connectivity index (χ1v) is 8.71. The Bertz CT molecular complexity index is 959. The average Bonchev–Trinajstić information content (AvgIpc) is 3.03. The Morgan fingerprint density at radius 1 is 1.24 bits per heavy atom. The Balaban J connectivity index is 1.66. The minimum atomic E-state index is 0.844. The second kappa shape index (κ2) is 6.38. The van der Waals surface area contributed by atoms with Crippen molar-refractivity contribution >= 4 is 11.0 Å². The average molecular weight is 328 g/mol. The molecule has 0 atom stereocenters. The van der Waals surface area contributed by atoms with Crippen LogP contribution in [-0.2, 0) is 13.0 Å². The molecule has 0 spiro atoms. The van der Waals surface area contributed by atoms with Crippen LogP contribution < -0.4 is 0 Å². The topological polar surface area (TPSA) is 31.9 Å². The lowest BCUT2D eigenvalue weighted by atomic mass is 9.94. The molecular formula is C22H22N3. The summed E-state index contributed by atoms with van der Waals surface area (Å²) in [6.45, 7) is 7.65. The molecule has 1 radical (unpaired) electrons. The summed E-state index contributed by atoms with van der Waals surface area (Å²) in [7, 11) is 0. The Morgan fingerprint density at radius 2 is 2.12 bits per heavy atom. The van der Waals surface area contributed by atoms with Crippen LogP contribution >= 0.6 is 0 Å². The summed E-state index contributed by atoms with van der Waals surface area (Å²) >= 11 is 0. The third-order valence-corrected chi connectivity index (χ3v) is 4.86. The maximum absolute atomic E-state index is 5.58. The Hall–Kier alpha value is -2.57. The summed E-state index contributed by atoms with van der Waals surface area (Å²) in [6, 6.07) is 8.93. The van der Waals surface area contributed by atoms with Crippen LogP contribution in [-0.4, -0.2) is 28.0 Å². The molecule has 1 aromatic carbocycles. The molecule has 2 aromatic heterocycles. The fraction of sp³-hybridized carbons (Fsp3) is 0.273. The number of aromatic nitrogens is 2. The van der Waals surface area contributed by atoms with Crippen molar-refractivity contribution in [3.05, 3.63) is 59.3 Å². The molecule has 3 nitrogen and oxygen atoms in total. The molecule has 1 aliphatic heterocycles. The van der Waals surface area contributed by atoms with Crippen LogP contribution in [0.1, 0.15) is 30.5 Å². The van der Waals surface area contributed by atoms with Crippen molar-refractivity contribution in [2.45, 2.75) is 26.8 Å². The number of nitrogens with one attached hydrogen (secondary N) is 1. The number of nitrogens with zero attached hydrogens (tertiary/aromatic N) is 2. The second-order valence-corrected chi connectivity index (χ2v) is 7.12. The summed E-state index contributed by atoms with van der Waals surface area (Å²) in [5.74, 6) is 4.19. The fourth-order valence-electron chi connectivity index (χ4n) is 3.65. The van der Waals surface area contributed by atoms with Gasteiger partial charge in [-0.15, -0.1) is 6.42 Å². The lowest BCUT2D eigenvalue weighted by molar-refractivity contribution is 0.264. The first-order valence-electron chi connectivity index (χ1n) is 8.71. The number of H-pyrrole nitrogens is 1. The quantitative estimate of drug-likeness (QED) is 0.731. The van der Waals surface area contributed by atoms with E-state index < -0.39 is 0 Å². The molecule has 1 aliphatic rings. The van der Waals surface area contributed by atoms with E-state index in [1.165, 1.54) is 22.6 Å². The van der Waals surface area contributed by atoms with Gasteiger partial charge < -0.3 is 4.98 Å². The van der Waals surface area contributed by atoms with E-state index in [0.29, 0.717) is 0 Å². The summed E-state index contributed by atoms with van der Waals surface area (Å²) in [5, 5.41) is 1.01. The summed E-state index contributed by atoms with van der Waals surface area (Å²) in [4.78, 5) is 10.2. The molecule has 125 valence electrons. The van der Waals surface area contributed by atoms with E-state index in [4.69, 9.17) is 6.42 Å². The lowest BCUT2D eigenvalue weighted by Crippen LogP contribution is -2.32. The highest BCUT2D eigenvalue weighted by Gasteiger charge is 2.17. The lowest BCUT2D eigenvalue weighted by Gasteiger charge is -2.30. The van der Waals surface area contributed by atoms with E-state index in [0.717, 1.165) is 48.2 Å². The van der Waals surface area contributed by atoms with Crippen molar-refractivity contribution in [1.29, 1.82) is 0 Å². The number of hydrogen-bond acceptors (Lipinski definition) is 2. The van der Waals surface area contributed by atoms with Crippen LogP contribution in [0.15, 0.2) is 36.7 Å². The van der Waals surface area contributed by atoms with Crippen molar-refractivity contribution in [2.75, 3.05) is 13.1 Å². The maximum Gasteiger partial charge on any atom is 0.138 e. The van der Waals surface area contributed by atoms with E-state index in [1.807, 2.05) is 12.4 Å². The van der Waals surface area contributed by atoms with E-state index in [1.54, 1.807) is 0 Å². The number of hydrogen-bond donors (Lipinski definition) is 1. The van der Waals surface area contributed by atoms with Gasteiger partial charge in [0.1, 0.15) is 5.65 Å². The summed E-state index contributed by atoms with van der Waals surface area (Å²) < 4.78 is 0. The largest absolute Gasteiger partial charge is 0.345 e. The highest BCUT2D eigenvalue weighted by molar-refractivity contribution is 5.87. The molecule has 3 heteroatoms. The van der Waals surface area contributed by atoms with Crippen LogP contribution in [0.2, 0.25) is 0 Å². The number of terminal acetylenes is 1. The maximum atomic E-state index is 5.58. The molecule has 4 rings (SSSR count). The Morgan fingerprint density at radius 3 is 2.92 bits per heavy atom. The van der Waals surface area contributed by atoms with Crippen LogP contribution in [0.3, 0.4) is 0 Å². The molecule has 3 aromatic rings. The first kappa shape index (κ1) is 15.9. The van der Waals surface area contributed by atoms with Crippen LogP contribution in [0.5, 0.6) is 0 Å². The van der Waals surface area contributed by atoms with Gasteiger partial charge >= 0.3 is 0 Å². The predicted octanol–water partition coefficient (Wildman–Crippen LogP) is 4.18. The third kappa shape index (κ3) is 3.06. The molecule has 0 saturated carbocycles. The van der Waals surface area contributed by atoms with Crippen molar-refractivity contribution in [1.82, 2.24) is 14.9 Å². The van der Waals surface area contributed by atoms with Gasteiger partial charge in [-0.25, -0.2) is 4.98 Å². The molecule has 0 aliphatic carbocycles. The van der Waals surface area contributed by atoms with Crippen LogP contribution in [0, 0.1) is 18.3 Å². The van der Waals surface area contributed by atoms with E-state index in [2.05, 4.69) is 58.9 Å². The molecule has 0 fully saturated rings. The number of rotatable bonds is 3. The van der Waals surface area contributed by atoms with Gasteiger partial charge in [0.2, 0.25) is 0 Å². The SMILES string of the molecule is C#Cc1c[nH]c2ncc(-c3ccc4c(c3)CCN(C[C](C)C)C4)cc12. The highest BCUT2D eigenvalue weighted by atomic mass is 15.1. The predicted molar refractivity (Wildman–Crippen MR) is 103 cm³/mol. The molecule has 0 saturated heterocycles. The van der Waals surface area contributed by atoms with Gasteiger partial charge in [-0.1, -0.05) is 38.0 Å². The number of aromatic amines is 1. The molecule has 0 amide bonds. The summed E-state index contributed by atoms with van der Waals surface area (Å²) in [5.41, 5.74) is 6.93.